The molecule has 0 N–H and O–H groups in total. The van der Waals surface area contributed by atoms with Crippen LogP contribution in [0.15, 0.2) is 0 Å². The predicted molar refractivity (Wildman–Crippen MR) is 51.4 cm³/mol. The molecule has 1 rings (SSSR count). The van der Waals surface area contributed by atoms with E-state index in [9.17, 15) is 0 Å². The highest BCUT2D eigenvalue weighted by atomic mass is 15.1. The van der Waals surface area contributed by atoms with Crippen LogP contribution in [0.25, 0.3) is 0 Å². The van der Waals surface area contributed by atoms with Crippen LogP contribution in [-0.4, -0.2) is 9.55 Å². The lowest BCUT2D eigenvalue weighted by molar-refractivity contribution is 0.654. The largest absolute Gasteiger partial charge is 0.335 e. The molecular weight excluding hydrogens is 148 g/mol. The van der Waals surface area contributed by atoms with E-state index in [0.29, 0.717) is 5.92 Å². The molecule has 2 nitrogen and oxygen atoms in total. The first-order chi connectivity index (χ1) is 5.57. The van der Waals surface area contributed by atoms with Gasteiger partial charge in [-0.25, -0.2) is 4.98 Å². The maximum absolute atomic E-state index is 4.44. The van der Waals surface area contributed by atoms with Gasteiger partial charge in [0.05, 0.1) is 5.69 Å². The predicted octanol–water partition coefficient (Wildman–Crippen LogP) is 2.55. The Morgan fingerprint density at radius 1 is 1.42 bits per heavy atom. The molecule has 68 valence electrons. The number of aryl methyl sites for hydroxylation is 2. The van der Waals surface area contributed by atoms with Crippen molar-refractivity contribution in [1.29, 1.82) is 0 Å². The fraction of sp³-hybridized carbons (Fsp3) is 0.700. The third-order valence-electron chi connectivity index (χ3n) is 2.63. The first-order valence-corrected chi connectivity index (χ1v) is 4.57. The van der Waals surface area contributed by atoms with E-state index in [4.69, 9.17) is 0 Å². The van der Waals surface area contributed by atoms with Crippen molar-refractivity contribution in [2.24, 2.45) is 7.05 Å². The fourth-order valence-electron chi connectivity index (χ4n) is 1.67. The minimum atomic E-state index is 0.621. The highest BCUT2D eigenvalue weighted by Crippen LogP contribution is 2.22. The molecule has 0 saturated carbocycles. The number of rotatable bonds is 2. The zero-order chi connectivity index (χ0) is 9.30. The van der Waals surface area contributed by atoms with Crippen molar-refractivity contribution >= 4 is 0 Å². The van der Waals surface area contributed by atoms with Gasteiger partial charge in [0.1, 0.15) is 5.82 Å². The van der Waals surface area contributed by atoms with E-state index in [1.54, 1.807) is 0 Å². The van der Waals surface area contributed by atoms with E-state index in [1.807, 2.05) is 0 Å². The Labute approximate surface area is 74.6 Å². The lowest BCUT2D eigenvalue weighted by atomic mass is 10.0. The van der Waals surface area contributed by atoms with E-state index in [2.05, 4.69) is 44.3 Å². The normalized spacial score (nSPS) is 13.4. The van der Waals surface area contributed by atoms with Crippen LogP contribution in [-0.2, 0) is 7.05 Å². The second kappa shape index (κ2) is 3.30. The molecule has 0 aliphatic carbocycles. The Balaban J connectivity index is 3.13. The highest BCUT2D eigenvalue weighted by Gasteiger charge is 2.13. The van der Waals surface area contributed by atoms with Gasteiger partial charge in [0.2, 0.25) is 0 Å². The molecule has 0 aliphatic heterocycles. The fourth-order valence-corrected chi connectivity index (χ4v) is 1.67. The van der Waals surface area contributed by atoms with Gasteiger partial charge in [0, 0.05) is 12.7 Å². The molecule has 1 heterocycles. The average molecular weight is 166 g/mol. The topological polar surface area (TPSA) is 17.8 Å². The van der Waals surface area contributed by atoms with Crippen molar-refractivity contribution in [3.05, 3.63) is 17.2 Å². The molecule has 0 fully saturated rings. The molecule has 0 amide bonds. The first-order valence-electron chi connectivity index (χ1n) is 4.57. The SMILES string of the molecule is CCC(C)c1c(C)nc(C)n1C. The summed E-state index contributed by atoms with van der Waals surface area (Å²) in [5.41, 5.74) is 2.57. The van der Waals surface area contributed by atoms with Gasteiger partial charge in [-0.3, -0.25) is 0 Å². The third-order valence-corrected chi connectivity index (χ3v) is 2.63. The van der Waals surface area contributed by atoms with Crippen LogP contribution in [0.5, 0.6) is 0 Å². The number of hydrogen-bond donors (Lipinski definition) is 0. The van der Waals surface area contributed by atoms with Crippen molar-refractivity contribution in [3.8, 4) is 0 Å². The summed E-state index contributed by atoms with van der Waals surface area (Å²) < 4.78 is 2.20. The van der Waals surface area contributed by atoms with Crippen LogP contribution in [0.4, 0.5) is 0 Å². The minimum Gasteiger partial charge on any atom is -0.335 e. The monoisotopic (exact) mass is 166 g/mol. The molecule has 1 aromatic rings. The van der Waals surface area contributed by atoms with Crippen molar-refractivity contribution in [1.82, 2.24) is 9.55 Å². The molecule has 0 bridgehead atoms. The Morgan fingerprint density at radius 2 is 2.00 bits per heavy atom. The molecule has 2 heteroatoms. The molecule has 1 atom stereocenters. The van der Waals surface area contributed by atoms with Crippen molar-refractivity contribution in [2.45, 2.75) is 40.0 Å². The van der Waals surface area contributed by atoms with Crippen LogP contribution in [0, 0.1) is 13.8 Å². The molecule has 12 heavy (non-hydrogen) atoms. The van der Waals surface area contributed by atoms with Crippen LogP contribution in [0.1, 0.15) is 43.4 Å². The van der Waals surface area contributed by atoms with Gasteiger partial charge in [-0.05, 0) is 26.2 Å². The second-order valence-electron chi connectivity index (χ2n) is 3.50. The quantitative estimate of drug-likeness (QED) is 0.660. The first kappa shape index (κ1) is 9.30. The summed E-state index contributed by atoms with van der Waals surface area (Å²) in [6.07, 6.45) is 1.18. The number of aromatic nitrogens is 2. The van der Waals surface area contributed by atoms with Crippen LogP contribution in [0.3, 0.4) is 0 Å². The molecule has 0 aromatic carbocycles. The Bertz CT molecular complexity index is 274. The van der Waals surface area contributed by atoms with Gasteiger partial charge < -0.3 is 4.57 Å². The van der Waals surface area contributed by atoms with E-state index in [-0.39, 0.29) is 0 Å². The molecule has 0 saturated heterocycles. The lowest BCUT2D eigenvalue weighted by Crippen LogP contribution is -2.03. The Morgan fingerprint density at radius 3 is 2.33 bits per heavy atom. The van der Waals surface area contributed by atoms with Crippen molar-refractivity contribution in [3.63, 3.8) is 0 Å². The molecule has 1 aromatic heterocycles. The maximum atomic E-state index is 4.44. The smallest absolute Gasteiger partial charge is 0.105 e. The summed E-state index contributed by atoms with van der Waals surface area (Å²) in [7, 11) is 2.09. The molecular formula is C10H18N2. The summed E-state index contributed by atoms with van der Waals surface area (Å²) in [5.74, 6) is 1.74. The van der Waals surface area contributed by atoms with E-state index < -0.39 is 0 Å². The standard InChI is InChI=1S/C10H18N2/c1-6-7(2)10-8(3)11-9(4)12(10)5/h7H,6H2,1-5H3. The third kappa shape index (κ3) is 1.38. The molecule has 0 radical (unpaired) electrons. The Hall–Kier alpha value is -0.790. The van der Waals surface area contributed by atoms with Gasteiger partial charge in [0.25, 0.3) is 0 Å². The summed E-state index contributed by atoms with van der Waals surface area (Å²) in [4.78, 5) is 4.44. The van der Waals surface area contributed by atoms with Crippen molar-refractivity contribution in [2.75, 3.05) is 0 Å². The van der Waals surface area contributed by atoms with Crippen LogP contribution in [0.2, 0.25) is 0 Å². The minimum absolute atomic E-state index is 0.621. The summed E-state index contributed by atoms with van der Waals surface area (Å²) in [5, 5.41) is 0. The van der Waals surface area contributed by atoms with Crippen molar-refractivity contribution < 1.29 is 0 Å². The number of nitrogens with zero attached hydrogens (tertiary/aromatic N) is 2. The molecule has 0 spiro atoms. The van der Waals surface area contributed by atoms with Gasteiger partial charge in [-0.15, -0.1) is 0 Å². The highest BCUT2D eigenvalue weighted by molar-refractivity contribution is 5.18. The van der Waals surface area contributed by atoms with E-state index in [0.717, 1.165) is 5.82 Å². The van der Waals surface area contributed by atoms with Crippen LogP contribution < -0.4 is 0 Å². The van der Waals surface area contributed by atoms with E-state index in [1.165, 1.54) is 17.8 Å². The second-order valence-corrected chi connectivity index (χ2v) is 3.50. The summed E-state index contributed by atoms with van der Waals surface area (Å²) in [6.45, 7) is 8.61. The average Bonchev–Trinajstić information content (AvgIpc) is 2.26. The lowest BCUT2D eigenvalue weighted by Gasteiger charge is -2.10. The van der Waals surface area contributed by atoms with Gasteiger partial charge >= 0.3 is 0 Å². The summed E-state index contributed by atoms with van der Waals surface area (Å²) in [6, 6.07) is 0. The van der Waals surface area contributed by atoms with Gasteiger partial charge in [0.15, 0.2) is 0 Å². The van der Waals surface area contributed by atoms with Gasteiger partial charge in [-0.1, -0.05) is 13.8 Å². The zero-order valence-electron chi connectivity index (χ0n) is 8.68. The number of imidazole rings is 1. The molecule has 0 aliphatic rings. The maximum Gasteiger partial charge on any atom is 0.105 e. The Kier molecular flexibility index (Phi) is 2.55. The van der Waals surface area contributed by atoms with Gasteiger partial charge in [-0.2, -0.15) is 0 Å². The van der Waals surface area contributed by atoms with E-state index >= 15 is 0 Å². The number of hydrogen-bond acceptors (Lipinski definition) is 1. The van der Waals surface area contributed by atoms with Crippen LogP contribution >= 0.6 is 0 Å². The summed E-state index contributed by atoms with van der Waals surface area (Å²) >= 11 is 0. The molecule has 1 unspecified atom stereocenters. The zero-order valence-corrected chi connectivity index (χ0v) is 8.68.